The number of sulfonamides is 1. The Hall–Kier alpha value is -7.00. The van der Waals surface area contributed by atoms with E-state index in [2.05, 4.69) is 54.2 Å². The number of Topliss-reactive ketones (excluding diaryl/α,β-unsaturated/α-hetero) is 1. The van der Waals surface area contributed by atoms with Crippen molar-refractivity contribution in [3.8, 4) is 23.0 Å². The molecule has 7 fully saturated rings. The Morgan fingerprint density at radius 1 is 0.720 bits per heavy atom. The first-order valence-electron chi connectivity index (χ1n) is 43.8. The van der Waals surface area contributed by atoms with Crippen molar-refractivity contribution < 1.29 is 131 Å². The summed E-state index contributed by atoms with van der Waals surface area (Å²) in [5, 5.41) is 140. The summed E-state index contributed by atoms with van der Waals surface area (Å²) in [6, 6.07) is -4.84. The van der Waals surface area contributed by atoms with Crippen molar-refractivity contribution in [1.82, 2.24) is 47.3 Å². The summed E-state index contributed by atoms with van der Waals surface area (Å²) in [6.07, 6.45) is -20.7. The molecule has 2 aromatic carbocycles. The van der Waals surface area contributed by atoms with E-state index in [4.69, 9.17) is 63.1 Å². The van der Waals surface area contributed by atoms with Gasteiger partial charge in [0.05, 0.1) is 90.1 Å². The van der Waals surface area contributed by atoms with E-state index in [1.165, 1.54) is 43.4 Å². The molecule has 11 bridgehead atoms. The fourth-order valence-electron chi connectivity index (χ4n) is 19.7. The monoisotopic (exact) mass is 1820 g/mol. The maximum Gasteiger partial charge on any atom is 0.326 e. The first-order chi connectivity index (χ1) is 59.2. The Bertz CT molecular complexity index is 4200. The van der Waals surface area contributed by atoms with Crippen molar-refractivity contribution in [2.24, 2.45) is 64.7 Å². The minimum absolute atomic E-state index is 0.0198. The van der Waals surface area contributed by atoms with Crippen LogP contribution < -0.4 is 77.7 Å². The largest absolute Gasteiger partial charge is 0.494 e. The van der Waals surface area contributed by atoms with Gasteiger partial charge >= 0.3 is 5.97 Å². The van der Waals surface area contributed by atoms with Crippen LogP contribution in [0.2, 0.25) is 0 Å². The molecule has 13 rings (SSSR count). The number of hydrogen-bond acceptors (Lipinski definition) is 29. The first kappa shape index (κ1) is 98.6. The number of aliphatic hydroxyl groups is 9. The van der Waals surface area contributed by atoms with Crippen LogP contribution in [-0.4, -0.2) is 291 Å². The average molecular weight is 1830 g/mol. The number of benzene rings is 2. The zero-order valence-corrected chi connectivity index (χ0v) is 73.5. The molecular formula is C84H127Cl2N11O27S. The maximum atomic E-state index is 16.5. The number of ether oxygens (including phenoxy) is 6. The van der Waals surface area contributed by atoms with Gasteiger partial charge in [0.2, 0.25) is 57.1 Å². The number of carbonyl (C=O) groups excluding carboxylic acids is 8. The molecule has 6 aliphatic heterocycles. The number of aliphatic carboxylic acids is 1. The van der Waals surface area contributed by atoms with Crippen molar-refractivity contribution >= 4 is 86.3 Å². The molecule has 11 aliphatic rings. The minimum atomic E-state index is -4.11. The smallest absolute Gasteiger partial charge is 0.326 e. The number of halogens is 2. The van der Waals surface area contributed by atoms with Crippen molar-refractivity contribution in [1.29, 1.82) is 0 Å². The summed E-state index contributed by atoms with van der Waals surface area (Å²) in [5.74, 6) is -20.4. The molecule has 6 heterocycles. The van der Waals surface area contributed by atoms with Crippen LogP contribution in [0.4, 0.5) is 0 Å². The summed E-state index contributed by atoms with van der Waals surface area (Å²) >= 11 is 14.9. The second kappa shape index (κ2) is 43.2. The van der Waals surface area contributed by atoms with Gasteiger partial charge in [0.15, 0.2) is 17.8 Å². The summed E-state index contributed by atoms with van der Waals surface area (Å²) in [4.78, 5) is 133. The molecule has 0 aromatic heterocycles. The van der Waals surface area contributed by atoms with E-state index in [-0.39, 0.29) is 137 Å². The van der Waals surface area contributed by atoms with Gasteiger partial charge in [-0.05, 0) is 201 Å². The second-order valence-electron chi connectivity index (χ2n) is 36.3. The van der Waals surface area contributed by atoms with Gasteiger partial charge in [-0.15, -0.1) is 23.2 Å². The van der Waals surface area contributed by atoms with Crippen LogP contribution in [0.1, 0.15) is 168 Å². The molecule has 41 heteroatoms. The highest BCUT2D eigenvalue weighted by Crippen LogP contribution is 2.51. The highest BCUT2D eigenvalue weighted by molar-refractivity contribution is 7.89. The van der Waals surface area contributed by atoms with E-state index in [1.54, 1.807) is 13.8 Å². The fraction of sp³-hybridized carbons (Fsp3) is 0.750. The average Bonchev–Trinajstić information content (AvgIpc) is 0.766. The number of primary amides is 1. The predicted molar refractivity (Wildman–Crippen MR) is 447 cm³/mol. The van der Waals surface area contributed by atoms with Crippen LogP contribution in [0, 0.1) is 53.3 Å². The number of nitrogens with one attached hydrogen (secondary N) is 9. The molecule has 38 nitrogen and oxygen atoms in total. The van der Waals surface area contributed by atoms with E-state index in [9.17, 15) is 78.7 Å². The number of aliphatic hydroxyl groups excluding tert-OH is 9. The summed E-state index contributed by atoms with van der Waals surface area (Å²) in [6.45, 7) is 7.98. The summed E-state index contributed by atoms with van der Waals surface area (Å²) in [5.41, 5.74) is 10.9. The van der Waals surface area contributed by atoms with Crippen LogP contribution in [0.25, 0.3) is 0 Å². The molecule has 5 saturated carbocycles. The van der Waals surface area contributed by atoms with Gasteiger partial charge in [0.25, 0.3) is 0 Å². The SMILES string of the molecule is CCCCCOc1ccc(S(=O)(=O)NCC(=O)CCCNCC2[C@H](O)C3C4C[C@H](CC[C@H]4O)[C@H]4NC(=O)[C@@H]5NC(=O)[C@H](CC(N)=O)NC(=O)[C@H](NC(=O)[C@@H](CC(C)C)NC)[C@H](O)[C@H]6CC[C@@H](Oc7cc5cc(c7O[C@@H]5C[C@H](CO)[C@@H](O)[C@H](O)[C@H]5O[C@H]5C[C@](C)(N)[C@H](O)[C@H](C)O5)O[C@@H]5CC[C@@H](C[C@@H]5Cl)[C@@H](O)[C@H](NC4=O)C(=O)N[C@H](C(=O)O)C3C[C@@H]2O)[C@H](Cl)C6)cc1. The lowest BCUT2D eigenvalue weighted by atomic mass is 9.58. The molecule has 700 valence electrons. The van der Waals surface area contributed by atoms with Crippen LogP contribution >= 0.6 is 23.2 Å². The number of carboxylic acid groups (broad SMARTS) is 1. The lowest BCUT2D eigenvalue weighted by molar-refractivity contribution is -0.286. The third-order valence-electron chi connectivity index (χ3n) is 26.8. The normalized spacial score (nSPS) is 37.5. The number of carboxylic acids is 1. The zero-order valence-electron chi connectivity index (χ0n) is 71.1. The molecule has 2 aromatic rings. The number of nitrogens with two attached hydrogens (primary N) is 2. The molecule has 5 aliphatic carbocycles. The van der Waals surface area contributed by atoms with E-state index >= 15 is 24.0 Å². The molecule has 23 N–H and O–H groups in total. The van der Waals surface area contributed by atoms with Crippen molar-refractivity contribution in [3.63, 3.8) is 0 Å². The van der Waals surface area contributed by atoms with Gasteiger partial charge in [-0.25, -0.2) is 17.9 Å². The third-order valence-corrected chi connectivity index (χ3v) is 29.1. The Labute approximate surface area is 736 Å². The molecule has 2 saturated heterocycles. The third kappa shape index (κ3) is 23.8. The van der Waals surface area contributed by atoms with Gasteiger partial charge in [-0.3, -0.25) is 38.4 Å². The van der Waals surface area contributed by atoms with Crippen LogP contribution in [0.5, 0.6) is 23.0 Å². The van der Waals surface area contributed by atoms with Gasteiger partial charge in [0, 0.05) is 43.4 Å². The Morgan fingerprint density at radius 2 is 1.36 bits per heavy atom. The van der Waals surface area contributed by atoms with Crippen molar-refractivity contribution in [2.75, 3.05) is 39.9 Å². The number of fused-ring (bicyclic) bond motifs is 15. The number of rotatable bonds is 28. The zero-order chi connectivity index (χ0) is 91.0. The lowest BCUT2D eigenvalue weighted by Gasteiger charge is -2.51. The first-order valence-corrected chi connectivity index (χ1v) is 46.1. The number of likely N-dealkylation sites (N-methyl/N-ethyl adjacent to an activating group) is 1. The highest BCUT2D eigenvalue weighted by Gasteiger charge is 2.57. The predicted octanol–water partition coefficient (Wildman–Crippen LogP) is -1.75. The quantitative estimate of drug-likeness (QED) is 0.0332. The lowest BCUT2D eigenvalue weighted by Crippen LogP contribution is -2.66. The Kier molecular flexibility index (Phi) is 34.0. The number of amides is 7. The molecule has 0 radical (unpaired) electrons. The topological polar surface area (TPSA) is 606 Å². The van der Waals surface area contributed by atoms with Gasteiger partial charge in [0.1, 0.15) is 78.3 Å². The maximum absolute atomic E-state index is 16.5. The number of hydrogen-bond donors (Lipinski definition) is 21. The number of unbranched alkanes of at least 4 members (excludes halogenated alkanes) is 2. The summed E-state index contributed by atoms with van der Waals surface area (Å²) < 4.78 is 68.3. The van der Waals surface area contributed by atoms with Crippen LogP contribution in [0.3, 0.4) is 0 Å². The summed E-state index contributed by atoms with van der Waals surface area (Å²) in [7, 11) is -2.60. The standard InChI is InChI=1S/C84H127Cl2N11O27S/c1-7-8-9-23-119-45-15-17-46(18-16-45)125(117,118)91-34-44(99)11-10-22-90-35-49-55(101)31-48-63(72(49)106)47-25-39(12-19-54(47)100)64-79(111)97-68(82(114)95-66(48)83(115)116)70(104)41-14-21-57(51(86)27-41)122-59-29-42-28-58(74(59)123-60-30-43(36-98)71(105)73(107)75(60)124-62-33-84(5,88)76(108)38(4)120-62)121-56-20-13-40(26-50(56)85)69(103)67(96-77(109)52(89-6)24-37(2)3)81(113)92-53(32-61(87)102)78(110)93-65(42)80(112)94-64/h15-18,28-29,37-41,43,47-57,60,62-73,75-76,89-91,98,100-101,103-108H,7-14,19-27,30-36,88H2,1-6H3,(H2,87,102)(H,92,113)(H,93,110)(H,94,112)(H,95,114)(H,96,109)(H,97,111)(H,115,116)/t38-,39-,40-,41-,43+,47?,48?,49?,50+,51-,52+,53-,54+,55-,56+,57+,60+,62-,63?,64+,65+,66-,67+,68-,69+,70+,71+,72-,73-,75-,76+,84-/m0/s1. The van der Waals surface area contributed by atoms with Crippen molar-refractivity contribution in [2.45, 2.75) is 306 Å². The number of ketones is 1. The van der Waals surface area contributed by atoms with Crippen LogP contribution in [0.15, 0.2) is 41.3 Å². The molecule has 4 unspecified atom stereocenters. The molecule has 32 atom stereocenters. The molecule has 125 heavy (non-hydrogen) atoms. The highest BCUT2D eigenvalue weighted by atomic mass is 35.5. The van der Waals surface area contributed by atoms with E-state index in [0.717, 1.165) is 19.3 Å². The Morgan fingerprint density at radius 3 is 1.97 bits per heavy atom. The Balaban J connectivity index is 0.987. The number of alkyl halides is 2. The van der Waals surface area contributed by atoms with Gasteiger partial charge < -0.3 is 133 Å². The minimum Gasteiger partial charge on any atom is -0.494 e. The van der Waals surface area contributed by atoms with Gasteiger partial charge in [-0.2, -0.15) is 0 Å². The van der Waals surface area contributed by atoms with Crippen molar-refractivity contribution in [3.05, 3.63) is 42.0 Å². The molecule has 7 amide bonds. The molecular weight excluding hydrogens is 1700 g/mol. The molecule has 0 spiro atoms. The van der Waals surface area contributed by atoms with Gasteiger partial charge in [-0.1, -0.05) is 33.6 Å². The van der Waals surface area contributed by atoms with Crippen LogP contribution in [-0.2, 0) is 62.6 Å². The number of carbonyl (C=O) groups is 9. The van der Waals surface area contributed by atoms with E-state index in [0.29, 0.717) is 12.4 Å². The van der Waals surface area contributed by atoms with E-state index in [1.807, 2.05) is 13.8 Å². The fourth-order valence-corrected chi connectivity index (χ4v) is 21.6. The van der Waals surface area contributed by atoms with E-state index < -0.39 is 281 Å². The second-order valence-corrected chi connectivity index (χ2v) is 39.2.